The number of amides is 2. The summed E-state index contributed by atoms with van der Waals surface area (Å²) in [6.07, 6.45) is 1.65. The van der Waals surface area contributed by atoms with Crippen LogP contribution >= 0.6 is 0 Å². The smallest absolute Gasteiger partial charge is 0.269 e. The minimum absolute atomic E-state index is 0.0911. The number of nitro benzene ring substituents is 1. The number of H-pyrrole nitrogens is 1. The number of rotatable bonds is 4. The molecule has 3 aromatic rings. The minimum atomic E-state index is -0.508. The lowest BCUT2D eigenvalue weighted by molar-refractivity contribution is -0.384. The molecule has 1 aromatic heterocycles. The second-order valence-electron chi connectivity index (χ2n) is 7.26. The fourth-order valence-corrected chi connectivity index (χ4v) is 3.71. The summed E-state index contributed by atoms with van der Waals surface area (Å²) < 4.78 is 0. The lowest BCUT2D eigenvalue weighted by atomic mass is 10.1. The number of nitrogens with one attached hydrogen (secondary N) is 1. The third-order valence-electron chi connectivity index (χ3n) is 5.07. The standard InChI is InChI=1S/C23H19N3O4/c1-14-10-15(2)24-20(14)13-19-18-8-3-4-9-21(18)25(23(19)28)22(27)12-16-6-5-7-17(11-16)26(29)30/h3-11,13,24H,12H2,1-2H3/b19-13-. The summed E-state index contributed by atoms with van der Waals surface area (Å²) in [5.41, 5.74) is 4.83. The molecule has 0 unspecified atom stereocenters. The molecule has 30 heavy (non-hydrogen) atoms. The molecule has 2 amide bonds. The van der Waals surface area contributed by atoms with Gasteiger partial charge in [0.25, 0.3) is 11.6 Å². The van der Waals surface area contributed by atoms with E-state index in [0.717, 1.165) is 21.9 Å². The summed E-state index contributed by atoms with van der Waals surface area (Å²) in [6, 6.07) is 15.0. The molecule has 0 radical (unpaired) electrons. The first kappa shape index (κ1) is 19.3. The zero-order valence-electron chi connectivity index (χ0n) is 16.5. The molecule has 1 aliphatic rings. The number of carbonyl (C=O) groups excluding carboxylic acids is 2. The molecule has 0 atom stereocenters. The summed E-state index contributed by atoms with van der Waals surface area (Å²) in [6.45, 7) is 3.89. The van der Waals surface area contributed by atoms with Crippen LogP contribution in [0.2, 0.25) is 0 Å². The molecule has 0 saturated carbocycles. The van der Waals surface area contributed by atoms with Gasteiger partial charge in [0.15, 0.2) is 0 Å². The number of benzene rings is 2. The van der Waals surface area contributed by atoms with Crippen molar-refractivity contribution in [2.45, 2.75) is 20.3 Å². The van der Waals surface area contributed by atoms with Crippen molar-refractivity contribution in [2.24, 2.45) is 0 Å². The van der Waals surface area contributed by atoms with Crippen molar-refractivity contribution in [3.8, 4) is 0 Å². The Morgan fingerprint density at radius 2 is 1.90 bits per heavy atom. The van der Waals surface area contributed by atoms with E-state index in [9.17, 15) is 19.7 Å². The zero-order chi connectivity index (χ0) is 21.4. The number of aromatic nitrogens is 1. The van der Waals surface area contributed by atoms with Gasteiger partial charge in [-0.3, -0.25) is 19.7 Å². The number of hydrogen-bond donors (Lipinski definition) is 1. The van der Waals surface area contributed by atoms with Gasteiger partial charge in [0.05, 0.1) is 22.6 Å². The van der Waals surface area contributed by atoms with Crippen LogP contribution in [0.1, 0.15) is 28.1 Å². The van der Waals surface area contributed by atoms with Crippen LogP contribution in [-0.4, -0.2) is 21.7 Å². The van der Waals surface area contributed by atoms with Gasteiger partial charge in [0.2, 0.25) is 5.91 Å². The molecule has 2 aromatic carbocycles. The van der Waals surface area contributed by atoms with Crippen molar-refractivity contribution in [2.75, 3.05) is 4.90 Å². The Kier molecular flexibility index (Phi) is 4.79. The molecule has 4 rings (SSSR count). The fraction of sp³-hybridized carbons (Fsp3) is 0.130. The molecule has 2 heterocycles. The van der Waals surface area contributed by atoms with Crippen molar-refractivity contribution in [3.63, 3.8) is 0 Å². The predicted molar refractivity (Wildman–Crippen MR) is 114 cm³/mol. The molecular formula is C23H19N3O4. The number of aryl methyl sites for hydroxylation is 2. The van der Waals surface area contributed by atoms with E-state index in [0.29, 0.717) is 22.4 Å². The molecule has 7 heteroatoms. The van der Waals surface area contributed by atoms with Gasteiger partial charge in [-0.15, -0.1) is 0 Å². The highest BCUT2D eigenvalue weighted by Gasteiger charge is 2.36. The van der Waals surface area contributed by atoms with Gasteiger partial charge in [0.1, 0.15) is 0 Å². The van der Waals surface area contributed by atoms with E-state index >= 15 is 0 Å². The van der Waals surface area contributed by atoms with Gasteiger partial charge in [-0.1, -0.05) is 30.3 Å². The van der Waals surface area contributed by atoms with Gasteiger partial charge in [-0.2, -0.15) is 0 Å². The number of anilines is 1. The minimum Gasteiger partial charge on any atom is -0.359 e. The molecule has 7 nitrogen and oxygen atoms in total. The SMILES string of the molecule is Cc1cc(C)c(/C=C2\C(=O)N(C(=O)Cc3cccc([N+](=O)[O-])c3)c3ccccc32)[nH]1. The monoisotopic (exact) mass is 401 g/mol. The number of non-ortho nitro benzene ring substituents is 1. The number of hydrogen-bond acceptors (Lipinski definition) is 4. The topological polar surface area (TPSA) is 96.3 Å². The first-order valence-corrected chi connectivity index (χ1v) is 9.43. The number of aromatic amines is 1. The molecule has 1 N–H and O–H groups in total. The third-order valence-corrected chi connectivity index (χ3v) is 5.07. The van der Waals surface area contributed by atoms with Crippen LogP contribution in [0.5, 0.6) is 0 Å². The van der Waals surface area contributed by atoms with Crippen molar-refractivity contribution in [1.82, 2.24) is 4.98 Å². The van der Waals surface area contributed by atoms with Crippen molar-refractivity contribution in [1.29, 1.82) is 0 Å². The van der Waals surface area contributed by atoms with E-state index in [4.69, 9.17) is 0 Å². The average molecular weight is 401 g/mol. The largest absolute Gasteiger partial charge is 0.359 e. The molecule has 0 fully saturated rings. The van der Waals surface area contributed by atoms with Crippen LogP contribution in [0.3, 0.4) is 0 Å². The summed E-state index contributed by atoms with van der Waals surface area (Å²) in [4.78, 5) is 41.1. The van der Waals surface area contributed by atoms with Crippen LogP contribution in [-0.2, 0) is 16.0 Å². The van der Waals surface area contributed by atoms with E-state index in [1.165, 1.54) is 18.2 Å². The Labute approximate surface area is 172 Å². The average Bonchev–Trinajstić information content (AvgIpc) is 3.18. The lowest BCUT2D eigenvalue weighted by Gasteiger charge is -2.15. The van der Waals surface area contributed by atoms with Crippen molar-refractivity contribution >= 4 is 34.8 Å². The number of para-hydroxylation sites is 1. The molecule has 0 spiro atoms. The Morgan fingerprint density at radius 1 is 1.13 bits per heavy atom. The fourth-order valence-electron chi connectivity index (χ4n) is 3.71. The Balaban J connectivity index is 1.70. The summed E-state index contributed by atoms with van der Waals surface area (Å²) in [5.74, 6) is -0.839. The van der Waals surface area contributed by atoms with E-state index in [-0.39, 0.29) is 12.1 Å². The van der Waals surface area contributed by atoms with E-state index in [1.807, 2.05) is 32.0 Å². The van der Waals surface area contributed by atoms with Gasteiger partial charge in [-0.05, 0) is 43.2 Å². The number of nitrogens with zero attached hydrogens (tertiary/aromatic N) is 2. The van der Waals surface area contributed by atoms with Crippen molar-refractivity contribution < 1.29 is 14.5 Å². The second kappa shape index (κ2) is 7.44. The summed E-state index contributed by atoms with van der Waals surface area (Å²) >= 11 is 0. The zero-order valence-corrected chi connectivity index (χ0v) is 16.5. The molecular weight excluding hydrogens is 382 g/mol. The maximum absolute atomic E-state index is 13.2. The summed E-state index contributed by atoms with van der Waals surface area (Å²) in [7, 11) is 0. The first-order valence-electron chi connectivity index (χ1n) is 9.43. The number of imide groups is 1. The summed E-state index contributed by atoms with van der Waals surface area (Å²) in [5, 5.41) is 11.0. The van der Waals surface area contributed by atoms with Gasteiger partial charge < -0.3 is 4.98 Å². The van der Waals surface area contributed by atoms with Crippen LogP contribution in [0.4, 0.5) is 11.4 Å². The number of nitro groups is 1. The van der Waals surface area contributed by atoms with Crippen molar-refractivity contribution in [3.05, 3.63) is 92.8 Å². The van der Waals surface area contributed by atoms with Gasteiger partial charge in [-0.25, -0.2) is 4.90 Å². The molecule has 150 valence electrons. The second-order valence-corrected chi connectivity index (χ2v) is 7.26. The Bertz CT molecular complexity index is 1220. The Hall–Kier alpha value is -4.00. The van der Waals surface area contributed by atoms with Gasteiger partial charge in [0, 0.05) is 29.1 Å². The van der Waals surface area contributed by atoms with Crippen LogP contribution in [0.25, 0.3) is 11.6 Å². The van der Waals surface area contributed by atoms with E-state index in [2.05, 4.69) is 4.98 Å². The highest BCUT2D eigenvalue weighted by molar-refractivity contribution is 6.42. The molecule has 0 saturated heterocycles. The van der Waals surface area contributed by atoms with Crippen LogP contribution in [0, 0.1) is 24.0 Å². The number of fused-ring (bicyclic) bond motifs is 1. The van der Waals surface area contributed by atoms with Crippen LogP contribution < -0.4 is 4.90 Å². The highest BCUT2D eigenvalue weighted by atomic mass is 16.6. The normalized spacial score (nSPS) is 14.3. The van der Waals surface area contributed by atoms with E-state index < -0.39 is 16.7 Å². The first-order chi connectivity index (χ1) is 14.3. The quantitative estimate of drug-likeness (QED) is 0.403. The van der Waals surface area contributed by atoms with E-state index in [1.54, 1.807) is 24.3 Å². The Morgan fingerprint density at radius 3 is 2.60 bits per heavy atom. The van der Waals surface area contributed by atoms with Crippen LogP contribution in [0.15, 0.2) is 54.6 Å². The van der Waals surface area contributed by atoms with Gasteiger partial charge >= 0.3 is 0 Å². The maximum Gasteiger partial charge on any atom is 0.269 e. The predicted octanol–water partition coefficient (Wildman–Crippen LogP) is 4.20. The maximum atomic E-state index is 13.2. The third kappa shape index (κ3) is 3.41. The molecule has 1 aliphatic heterocycles. The lowest BCUT2D eigenvalue weighted by Crippen LogP contribution is -2.34. The number of carbonyl (C=O) groups is 2. The highest BCUT2D eigenvalue weighted by Crippen LogP contribution is 2.38. The molecule has 0 aliphatic carbocycles. The molecule has 0 bridgehead atoms.